The molecule has 0 unspecified atom stereocenters. The van der Waals surface area contributed by atoms with Gasteiger partial charge in [0.25, 0.3) is 15.6 Å². The third-order valence-corrected chi connectivity index (χ3v) is 10.9. The molecule has 0 radical (unpaired) electrons. The molecule has 12 heteroatoms. The molecular weight excluding hydrogens is 582 g/mol. The molecule has 0 saturated carbocycles. The van der Waals surface area contributed by atoms with Crippen molar-refractivity contribution in [1.82, 2.24) is 13.5 Å². The summed E-state index contributed by atoms with van der Waals surface area (Å²) in [6.07, 6.45) is 1.36. The van der Waals surface area contributed by atoms with Crippen LogP contribution in [0, 0.1) is 12.7 Å². The zero-order valence-electron chi connectivity index (χ0n) is 26.6. The first kappa shape index (κ1) is 30.5. The Kier molecular flexibility index (Phi) is 6.78. The van der Waals surface area contributed by atoms with Crippen LogP contribution in [0.5, 0.6) is 0 Å². The molecule has 1 saturated heterocycles. The Hall–Kier alpha value is -3.48. The van der Waals surface area contributed by atoms with Gasteiger partial charge in [0.05, 0.1) is 33.7 Å². The van der Waals surface area contributed by atoms with Crippen LogP contribution in [0.4, 0.5) is 10.3 Å². The minimum atomic E-state index is -4.11. The van der Waals surface area contributed by atoms with E-state index in [9.17, 15) is 13.2 Å². The van der Waals surface area contributed by atoms with Crippen molar-refractivity contribution in [1.29, 1.82) is 0 Å². The number of anilines is 1. The number of fused-ring (bicyclic) bond motifs is 2. The molecule has 0 amide bonds. The maximum atomic E-state index is 16.1. The number of nitrogens with zero attached hydrogens (tertiary/aromatic N) is 4. The normalized spacial score (nSPS) is 18.9. The Morgan fingerprint density at radius 1 is 0.977 bits per heavy atom. The number of halogens is 1. The highest BCUT2D eigenvalue weighted by molar-refractivity contribution is 7.90. The minimum Gasteiger partial charge on any atom is -0.399 e. The van der Waals surface area contributed by atoms with E-state index < -0.39 is 45.3 Å². The van der Waals surface area contributed by atoms with E-state index in [4.69, 9.17) is 14.3 Å². The summed E-state index contributed by atoms with van der Waals surface area (Å²) >= 11 is 0. The van der Waals surface area contributed by atoms with Crippen LogP contribution in [-0.4, -0.2) is 51.8 Å². The Morgan fingerprint density at radius 3 is 2.18 bits per heavy atom. The molecule has 6 rings (SSSR count). The largest absolute Gasteiger partial charge is 0.494 e. The predicted molar refractivity (Wildman–Crippen MR) is 171 cm³/mol. The van der Waals surface area contributed by atoms with Gasteiger partial charge in [-0.15, -0.1) is 0 Å². The number of aromatic nitrogens is 3. The SMILES string of the molecule is Cc1ccc(S(=O)(=O)n2cc(-c3nc4n(c(=O)c3F)CC(C)(C)N4C(C)C)c3cc(B4OC(C)(C)C(C)(C)O4)ccc32)cc1. The molecule has 0 N–H and O–H groups in total. The van der Waals surface area contributed by atoms with Gasteiger partial charge in [-0.25, -0.2) is 17.4 Å². The lowest BCUT2D eigenvalue weighted by Gasteiger charge is -2.35. The van der Waals surface area contributed by atoms with Crippen LogP contribution < -0.4 is 15.9 Å². The van der Waals surface area contributed by atoms with Crippen molar-refractivity contribution >= 4 is 39.5 Å². The fourth-order valence-electron chi connectivity index (χ4n) is 6.24. The topological polar surface area (TPSA) is 95.7 Å². The van der Waals surface area contributed by atoms with Gasteiger partial charge < -0.3 is 14.2 Å². The third kappa shape index (κ3) is 4.52. The summed E-state index contributed by atoms with van der Waals surface area (Å²) in [7, 11) is -4.85. The summed E-state index contributed by atoms with van der Waals surface area (Å²) in [5.41, 5.74) is -0.668. The molecule has 0 spiro atoms. The van der Waals surface area contributed by atoms with Gasteiger partial charge in [0, 0.05) is 23.2 Å². The van der Waals surface area contributed by atoms with Gasteiger partial charge in [-0.05, 0) is 86.0 Å². The van der Waals surface area contributed by atoms with E-state index in [-0.39, 0.29) is 28.7 Å². The number of benzene rings is 2. The quantitative estimate of drug-likeness (QED) is 0.294. The van der Waals surface area contributed by atoms with E-state index >= 15 is 4.39 Å². The highest BCUT2D eigenvalue weighted by Crippen LogP contribution is 2.39. The molecule has 0 bridgehead atoms. The van der Waals surface area contributed by atoms with Crippen LogP contribution in [-0.2, 0) is 25.9 Å². The minimum absolute atomic E-state index is 0.0257. The van der Waals surface area contributed by atoms with Crippen LogP contribution in [0.2, 0.25) is 0 Å². The number of aryl methyl sites for hydroxylation is 1. The lowest BCUT2D eigenvalue weighted by Crippen LogP contribution is -2.45. The molecular formula is C32H38BFN4O5S. The number of rotatable bonds is 5. The summed E-state index contributed by atoms with van der Waals surface area (Å²) in [5.74, 6) is -0.696. The maximum Gasteiger partial charge on any atom is 0.494 e. The van der Waals surface area contributed by atoms with Crippen molar-refractivity contribution in [2.75, 3.05) is 4.90 Å². The monoisotopic (exact) mass is 620 g/mol. The summed E-state index contributed by atoms with van der Waals surface area (Å²) < 4.78 is 59.1. The van der Waals surface area contributed by atoms with Crippen LogP contribution >= 0.6 is 0 Å². The lowest BCUT2D eigenvalue weighted by molar-refractivity contribution is 0.00578. The van der Waals surface area contributed by atoms with Gasteiger partial charge in [-0.1, -0.05) is 29.8 Å². The zero-order chi connectivity index (χ0) is 32.1. The van der Waals surface area contributed by atoms with Crippen molar-refractivity contribution in [2.24, 2.45) is 0 Å². The Morgan fingerprint density at radius 2 is 1.59 bits per heavy atom. The average Bonchev–Trinajstić information content (AvgIpc) is 3.51. The zero-order valence-corrected chi connectivity index (χ0v) is 27.4. The Balaban J connectivity index is 1.62. The Labute approximate surface area is 257 Å². The first-order valence-electron chi connectivity index (χ1n) is 14.8. The smallest absolute Gasteiger partial charge is 0.399 e. The molecule has 1 fully saturated rings. The summed E-state index contributed by atoms with van der Waals surface area (Å²) in [6, 6.07) is 11.6. The maximum absolute atomic E-state index is 16.1. The summed E-state index contributed by atoms with van der Waals surface area (Å²) in [4.78, 5) is 20.3. The van der Waals surface area contributed by atoms with Crippen molar-refractivity contribution in [3.05, 3.63) is 70.4 Å². The fourth-order valence-corrected chi connectivity index (χ4v) is 7.61. The first-order chi connectivity index (χ1) is 20.4. The number of hydrogen-bond donors (Lipinski definition) is 0. The molecule has 9 nitrogen and oxygen atoms in total. The van der Waals surface area contributed by atoms with E-state index in [1.165, 1.54) is 22.9 Å². The molecule has 2 aliphatic rings. The molecule has 232 valence electrons. The van der Waals surface area contributed by atoms with Crippen LogP contribution in [0.3, 0.4) is 0 Å². The van der Waals surface area contributed by atoms with Crippen molar-refractivity contribution in [3.8, 4) is 11.3 Å². The van der Waals surface area contributed by atoms with Crippen molar-refractivity contribution < 1.29 is 22.1 Å². The molecule has 4 aromatic rings. The van der Waals surface area contributed by atoms with Crippen LogP contribution in [0.15, 0.2) is 58.4 Å². The van der Waals surface area contributed by atoms with Crippen molar-refractivity contribution in [3.63, 3.8) is 0 Å². The summed E-state index contributed by atoms with van der Waals surface area (Å²) in [5, 5.41) is 0.400. The van der Waals surface area contributed by atoms with Gasteiger partial charge in [0.2, 0.25) is 11.8 Å². The standard InChI is InChI=1S/C32H38BFN4O5S/c1-19(2)38-29-35-27(26(34)28(39)36(29)18-30(38,4)5)24-17-37(44(40,41)22-13-10-20(3)11-14-22)25-15-12-21(16-23(24)25)33-42-31(6,7)32(8,9)43-33/h10-17,19H,18H2,1-9H3. The third-order valence-electron chi connectivity index (χ3n) is 9.18. The summed E-state index contributed by atoms with van der Waals surface area (Å²) in [6.45, 7) is 17.9. The number of hydrogen-bond acceptors (Lipinski definition) is 7. The molecule has 2 aliphatic heterocycles. The van der Waals surface area contributed by atoms with E-state index in [0.29, 0.717) is 22.3 Å². The van der Waals surface area contributed by atoms with Gasteiger partial charge in [-0.3, -0.25) is 9.36 Å². The molecule has 2 aromatic carbocycles. The molecule has 0 aliphatic carbocycles. The van der Waals surface area contributed by atoms with Gasteiger partial charge in [0.1, 0.15) is 5.69 Å². The van der Waals surface area contributed by atoms with Gasteiger partial charge in [-0.2, -0.15) is 4.39 Å². The van der Waals surface area contributed by atoms with Crippen LogP contribution in [0.1, 0.15) is 61.0 Å². The van der Waals surface area contributed by atoms with E-state index in [1.54, 1.807) is 30.3 Å². The highest BCUT2D eigenvalue weighted by Gasteiger charge is 2.52. The van der Waals surface area contributed by atoms with Gasteiger partial charge >= 0.3 is 7.12 Å². The second-order valence-corrected chi connectivity index (χ2v) is 15.6. The molecule has 2 aromatic heterocycles. The molecule has 4 heterocycles. The molecule has 0 atom stereocenters. The van der Waals surface area contributed by atoms with Crippen LogP contribution in [0.25, 0.3) is 22.2 Å². The second-order valence-electron chi connectivity index (χ2n) is 13.8. The fraction of sp³-hybridized carbons (Fsp3) is 0.438. The van der Waals surface area contributed by atoms with Gasteiger partial charge in [0.15, 0.2) is 0 Å². The first-order valence-corrected chi connectivity index (χ1v) is 16.2. The lowest BCUT2D eigenvalue weighted by atomic mass is 9.78. The van der Waals surface area contributed by atoms with E-state index in [1.807, 2.05) is 67.2 Å². The molecule has 44 heavy (non-hydrogen) atoms. The Bertz CT molecular complexity index is 1960. The average molecular weight is 621 g/mol. The predicted octanol–water partition coefficient (Wildman–Crippen LogP) is 4.86. The highest BCUT2D eigenvalue weighted by atomic mass is 32.2. The van der Waals surface area contributed by atoms with Crippen molar-refractivity contribution in [2.45, 2.75) is 96.5 Å². The van der Waals surface area contributed by atoms with E-state index in [2.05, 4.69) is 0 Å². The second kappa shape index (κ2) is 9.76. The van der Waals surface area contributed by atoms with E-state index in [0.717, 1.165) is 9.54 Å².